The van der Waals surface area contributed by atoms with Crippen LogP contribution in [0.4, 0.5) is 0 Å². The molecule has 0 atom stereocenters. The lowest BCUT2D eigenvalue weighted by atomic mass is 10.2. The van der Waals surface area contributed by atoms with Gasteiger partial charge in [-0.2, -0.15) is 0 Å². The summed E-state index contributed by atoms with van der Waals surface area (Å²) in [4.78, 5) is 1.42. The van der Waals surface area contributed by atoms with Crippen molar-refractivity contribution >= 4 is 17.4 Å². The van der Waals surface area contributed by atoms with Gasteiger partial charge in [0.05, 0.1) is 0 Å². The molecule has 0 N–H and O–H groups in total. The Kier molecular flexibility index (Phi) is 1.66. The molecule has 1 aromatic heterocycles. The molecule has 0 radical (unpaired) electrons. The second-order valence-corrected chi connectivity index (χ2v) is 3.75. The van der Waals surface area contributed by atoms with E-state index < -0.39 is 0 Å². The first-order valence-corrected chi connectivity index (χ1v) is 4.65. The Bertz CT molecular complexity index is 315. The van der Waals surface area contributed by atoms with Gasteiger partial charge >= 0.3 is 0 Å². The second kappa shape index (κ2) is 2.67. The van der Waals surface area contributed by atoms with Crippen LogP contribution in [0.2, 0.25) is 0 Å². The third kappa shape index (κ3) is 1.29. The van der Waals surface area contributed by atoms with Crippen molar-refractivity contribution < 1.29 is 0 Å². The molecule has 0 amide bonds. The topological polar surface area (TPSA) is 0 Å². The molecule has 1 aliphatic carbocycles. The minimum atomic E-state index is 1.09. The van der Waals surface area contributed by atoms with E-state index in [1.165, 1.54) is 16.0 Å². The Morgan fingerprint density at radius 2 is 2.36 bits per heavy atom. The Hall–Kier alpha value is -0.820. The molecule has 1 aliphatic rings. The van der Waals surface area contributed by atoms with E-state index in [9.17, 15) is 0 Å². The zero-order valence-corrected chi connectivity index (χ0v) is 7.32. The summed E-state index contributed by atoms with van der Waals surface area (Å²) in [6, 6.07) is 2.21. The van der Waals surface area contributed by atoms with Crippen LogP contribution in [-0.4, -0.2) is 0 Å². The van der Waals surface area contributed by atoms with Crippen molar-refractivity contribution in [3.63, 3.8) is 0 Å². The smallest absolute Gasteiger partial charge is 0.0308 e. The van der Waals surface area contributed by atoms with E-state index in [0.717, 1.165) is 6.42 Å². The zero-order valence-electron chi connectivity index (χ0n) is 6.50. The molecule has 0 saturated heterocycles. The Balaban J connectivity index is 2.52. The Morgan fingerprint density at radius 3 is 3.27 bits per heavy atom. The van der Waals surface area contributed by atoms with Crippen LogP contribution in [-0.2, 0) is 6.42 Å². The lowest BCUT2D eigenvalue weighted by molar-refractivity contribution is 1.29. The number of thiophene rings is 1. The largest absolute Gasteiger partial charge is 0.144 e. The summed E-state index contributed by atoms with van der Waals surface area (Å²) >= 11 is 1.83. The summed E-state index contributed by atoms with van der Waals surface area (Å²) in [6.45, 7) is 2.14. The van der Waals surface area contributed by atoms with E-state index in [-0.39, 0.29) is 0 Å². The van der Waals surface area contributed by atoms with Gasteiger partial charge in [-0.15, -0.1) is 11.3 Å². The number of allylic oxidation sites excluding steroid dienone is 3. The SMILES string of the molecule is CC1=Cc2sccc2CC=C1. The summed E-state index contributed by atoms with van der Waals surface area (Å²) in [5, 5.41) is 2.16. The Morgan fingerprint density at radius 1 is 1.45 bits per heavy atom. The van der Waals surface area contributed by atoms with Crippen molar-refractivity contribution in [2.24, 2.45) is 0 Å². The summed E-state index contributed by atoms with van der Waals surface area (Å²) in [5.74, 6) is 0. The monoisotopic (exact) mass is 162 g/mol. The molecule has 0 nitrogen and oxygen atoms in total. The first-order chi connectivity index (χ1) is 5.36. The van der Waals surface area contributed by atoms with Crippen molar-refractivity contribution in [3.8, 4) is 0 Å². The highest BCUT2D eigenvalue weighted by Gasteiger charge is 2.02. The summed E-state index contributed by atoms with van der Waals surface area (Å²) in [5.41, 5.74) is 2.81. The molecule has 0 saturated carbocycles. The molecule has 0 bridgehead atoms. The highest BCUT2D eigenvalue weighted by molar-refractivity contribution is 7.11. The summed E-state index contributed by atoms with van der Waals surface area (Å²) in [6.07, 6.45) is 7.76. The van der Waals surface area contributed by atoms with E-state index in [0.29, 0.717) is 0 Å². The van der Waals surface area contributed by atoms with Gasteiger partial charge in [0.2, 0.25) is 0 Å². The molecule has 0 unspecified atom stereocenters. The molecular weight excluding hydrogens is 152 g/mol. The van der Waals surface area contributed by atoms with Gasteiger partial charge < -0.3 is 0 Å². The van der Waals surface area contributed by atoms with Crippen LogP contribution in [0.25, 0.3) is 6.08 Å². The molecule has 1 heteroatoms. The predicted octanol–water partition coefficient (Wildman–Crippen LogP) is 3.26. The molecule has 0 aromatic carbocycles. The van der Waals surface area contributed by atoms with Crippen LogP contribution in [0.5, 0.6) is 0 Å². The van der Waals surface area contributed by atoms with Gasteiger partial charge in [0.15, 0.2) is 0 Å². The van der Waals surface area contributed by atoms with E-state index in [1.807, 2.05) is 11.3 Å². The fourth-order valence-corrected chi connectivity index (χ4v) is 2.20. The molecular formula is C10H10S. The fraction of sp³-hybridized carbons (Fsp3) is 0.200. The average molecular weight is 162 g/mol. The van der Waals surface area contributed by atoms with Crippen LogP contribution < -0.4 is 0 Å². The maximum absolute atomic E-state index is 2.25. The van der Waals surface area contributed by atoms with Crippen molar-refractivity contribution in [3.05, 3.63) is 39.6 Å². The lowest BCUT2D eigenvalue weighted by Crippen LogP contribution is -1.75. The fourth-order valence-electron chi connectivity index (χ4n) is 1.27. The van der Waals surface area contributed by atoms with Crippen LogP contribution >= 0.6 is 11.3 Å². The molecule has 2 rings (SSSR count). The van der Waals surface area contributed by atoms with Gasteiger partial charge in [0.1, 0.15) is 0 Å². The quantitative estimate of drug-likeness (QED) is 0.549. The average Bonchev–Trinajstić information content (AvgIpc) is 2.31. The van der Waals surface area contributed by atoms with Gasteiger partial charge in [-0.05, 0) is 36.4 Å². The highest BCUT2D eigenvalue weighted by Crippen LogP contribution is 2.23. The van der Waals surface area contributed by atoms with Gasteiger partial charge in [-0.1, -0.05) is 17.7 Å². The number of rotatable bonds is 0. The van der Waals surface area contributed by atoms with Crippen molar-refractivity contribution in [1.82, 2.24) is 0 Å². The normalized spacial score (nSPS) is 15.5. The zero-order chi connectivity index (χ0) is 7.68. The number of hydrogen-bond donors (Lipinski definition) is 0. The van der Waals surface area contributed by atoms with Crippen molar-refractivity contribution in [1.29, 1.82) is 0 Å². The van der Waals surface area contributed by atoms with Crippen LogP contribution in [0.3, 0.4) is 0 Å². The van der Waals surface area contributed by atoms with E-state index >= 15 is 0 Å². The lowest BCUT2D eigenvalue weighted by Gasteiger charge is -1.90. The first kappa shape index (κ1) is 6.86. The predicted molar refractivity (Wildman–Crippen MR) is 50.8 cm³/mol. The minimum Gasteiger partial charge on any atom is -0.144 e. The summed E-state index contributed by atoms with van der Waals surface area (Å²) < 4.78 is 0. The first-order valence-electron chi connectivity index (χ1n) is 3.77. The molecule has 1 aromatic rings. The van der Waals surface area contributed by atoms with Crippen LogP contribution in [0.1, 0.15) is 17.4 Å². The molecule has 0 fully saturated rings. The van der Waals surface area contributed by atoms with Crippen LogP contribution in [0, 0.1) is 0 Å². The maximum Gasteiger partial charge on any atom is 0.0308 e. The molecule has 11 heavy (non-hydrogen) atoms. The molecule has 0 aliphatic heterocycles. The van der Waals surface area contributed by atoms with E-state index in [4.69, 9.17) is 0 Å². The second-order valence-electron chi connectivity index (χ2n) is 2.80. The maximum atomic E-state index is 2.25. The number of fused-ring (bicyclic) bond motifs is 1. The number of hydrogen-bond acceptors (Lipinski definition) is 1. The Labute approximate surface area is 70.9 Å². The standard InChI is InChI=1S/C10H10S/c1-8-3-2-4-9-5-6-11-10(9)7-8/h2-3,5-7H,4H2,1H3. The van der Waals surface area contributed by atoms with E-state index in [1.54, 1.807) is 0 Å². The molecule has 1 heterocycles. The highest BCUT2D eigenvalue weighted by atomic mass is 32.1. The van der Waals surface area contributed by atoms with Gasteiger partial charge in [0, 0.05) is 4.88 Å². The van der Waals surface area contributed by atoms with Gasteiger partial charge in [0.25, 0.3) is 0 Å². The van der Waals surface area contributed by atoms with Gasteiger partial charge in [-0.25, -0.2) is 0 Å². The minimum absolute atomic E-state index is 1.09. The van der Waals surface area contributed by atoms with Gasteiger partial charge in [-0.3, -0.25) is 0 Å². The molecule has 56 valence electrons. The van der Waals surface area contributed by atoms with Crippen molar-refractivity contribution in [2.75, 3.05) is 0 Å². The summed E-state index contributed by atoms with van der Waals surface area (Å²) in [7, 11) is 0. The van der Waals surface area contributed by atoms with E-state index in [2.05, 4.69) is 36.6 Å². The third-order valence-corrected chi connectivity index (χ3v) is 2.76. The van der Waals surface area contributed by atoms with Crippen LogP contribution in [0.15, 0.2) is 29.2 Å². The van der Waals surface area contributed by atoms with Crippen molar-refractivity contribution in [2.45, 2.75) is 13.3 Å². The molecule has 0 spiro atoms. The third-order valence-electron chi connectivity index (χ3n) is 1.86.